The Balaban J connectivity index is 1.42. The van der Waals surface area contributed by atoms with Crippen molar-refractivity contribution in [1.29, 1.82) is 0 Å². The first-order chi connectivity index (χ1) is 8.85. The summed E-state index contributed by atoms with van der Waals surface area (Å²) in [6.45, 7) is 5.05. The quantitative estimate of drug-likeness (QED) is 0.771. The fourth-order valence-corrected chi connectivity index (χ4v) is 3.98. The van der Waals surface area contributed by atoms with Crippen molar-refractivity contribution in [2.45, 2.75) is 82.8 Å². The second-order valence-electron chi connectivity index (χ2n) is 6.86. The Morgan fingerprint density at radius 1 is 0.944 bits per heavy atom. The Morgan fingerprint density at radius 3 is 2.61 bits per heavy atom. The van der Waals surface area contributed by atoms with Gasteiger partial charge in [-0.2, -0.15) is 0 Å². The SMILES string of the molecule is CCC1CCCC(NC2CCN(C3CC3)C2)CC1. The number of rotatable bonds is 4. The first-order valence-corrected chi connectivity index (χ1v) is 8.35. The zero-order chi connectivity index (χ0) is 12.4. The van der Waals surface area contributed by atoms with Crippen LogP contribution >= 0.6 is 0 Å². The van der Waals surface area contributed by atoms with E-state index in [2.05, 4.69) is 17.1 Å². The summed E-state index contributed by atoms with van der Waals surface area (Å²) >= 11 is 0. The fraction of sp³-hybridized carbons (Fsp3) is 1.00. The molecule has 3 atom stereocenters. The van der Waals surface area contributed by atoms with Crippen molar-refractivity contribution in [2.24, 2.45) is 5.92 Å². The topological polar surface area (TPSA) is 15.3 Å². The highest BCUT2D eigenvalue weighted by atomic mass is 15.2. The zero-order valence-electron chi connectivity index (χ0n) is 12.0. The van der Waals surface area contributed by atoms with Gasteiger partial charge in [0.1, 0.15) is 0 Å². The molecule has 0 aromatic heterocycles. The molecule has 3 unspecified atom stereocenters. The van der Waals surface area contributed by atoms with Gasteiger partial charge in [-0.05, 0) is 44.4 Å². The number of likely N-dealkylation sites (tertiary alicyclic amines) is 1. The molecule has 104 valence electrons. The van der Waals surface area contributed by atoms with Crippen LogP contribution in [-0.2, 0) is 0 Å². The zero-order valence-corrected chi connectivity index (χ0v) is 12.0. The van der Waals surface area contributed by atoms with Crippen molar-refractivity contribution in [3.8, 4) is 0 Å². The van der Waals surface area contributed by atoms with Crippen LogP contribution in [0.15, 0.2) is 0 Å². The van der Waals surface area contributed by atoms with Crippen LogP contribution < -0.4 is 5.32 Å². The Kier molecular flexibility index (Phi) is 4.25. The van der Waals surface area contributed by atoms with E-state index in [-0.39, 0.29) is 0 Å². The van der Waals surface area contributed by atoms with Crippen LogP contribution in [0.2, 0.25) is 0 Å². The maximum absolute atomic E-state index is 3.97. The maximum Gasteiger partial charge on any atom is 0.0209 e. The van der Waals surface area contributed by atoms with Crippen molar-refractivity contribution in [1.82, 2.24) is 10.2 Å². The maximum atomic E-state index is 3.97. The molecule has 0 radical (unpaired) electrons. The largest absolute Gasteiger partial charge is 0.310 e. The molecule has 0 aromatic rings. The molecule has 0 amide bonds. The third-order valence-corrected chi connectivity index (χ3v) is 5.42. The van der Waals surface area contributed by atoms with E-state index in [9.17, 15) is 0 Å². The highest BCUT2D eigenvalue weighted by Crippen LogP contribution is 2.31. The smallest absolute Gasteiger partial charge is 0.0209 e. The fourth-order valence-electron chi connectivity index (χ4n) is 3.98. The summed E-state index contributed by atoms with van der Waals surface area (Å²) < 4.78 is 0. The minimum atomic E-state index is 0.800. The molecule has 1 heterocycles. The molecular weight excluding hydrogens is 220 g/mol. The summed E-state index contributed by atoms with van der Waals surface area (Å²) in [6.07, 6.45) is 13.0. The van der Waals surface area contributed by atoms with Crippen LogP contribution in [0.5, 0.6) is 0 Å². The Morgan fingerprint density at radius 2 is 1.83 bits per heavy atom. The number of hydrogen-bond acceptors (Lipinski definition) is 2. The van der Waals surface area contributed by atoms with Crippen LogP contribution in [0.1, 0.15) is 64.7 Å². The predicted octanol–water partition coefficient (Wildman–Crippen LogP) is 3.17. The molecule has 1 aliphatic heterocycles. The summed E-state index contributed by atoms with van der Waals surface area (Å²) in [5, 5.41) is 3.97. The Bertz CT molecular complexity index is 262. The predicted molar refractivity (Wildman–Crippen MR) is 76.8 cm³/mol. The molecule has 0 spiro atoms. The number of nitrogens with one attached hydrogen (secondary N) is 1. The van der Waals surface area contributed by atoms with Gasteiger partial charge in [-0.1, -0.05) is 26.2 Å². The molecule has 3 fully saturated rings. The molecule has 2 heteroatoms. The Hall–Kier alpha value is -0.0800. The monoisotopic (exact) mass is 250 g/mol. The summed E-state index contributed by atoms with van der Waals surface area (Å²) in [4.78, 5) is 2.73. The lowest BCUT2D eigenvalue weighted by atomic mass is 9.97. The van der Waals surface area contributed by atoms with Crippen LogP contribution in [0.4, 0.5) is 0 Å². The van der Waals surface area contributed by atoms with Gasteiger partial charge < -0.3 is 5.32 Å². The first-order valence-electron chi connectivity index (χ1n) is 8.35. The van der Waals surface area contributed by atoms with Crippen molar-refractivity contribution < 1.29 is 0 Å². The van der Waals surface area contributed by atoms with Crippen molar-refractivity contribution in [3.63, 3.8) is 0 Å². The van der Waals surface area contributed by atoms with E-state index in [1.165, 1.54) is 70.9 Å². The van der Waals surface area contributed by atoms with E-state index in [1.807, 2.05) is 0 Å². The molecule has 3 rings (SSSR count). The van der Waals surface area contributed by atoms with Gasteiger partial charge in [0.25, 0.3) is 0 Å². The minimum Gasteiger partial charge on any atom is -0.310 e. The van der Waals surface area contributed by atoms with Gasteiger partial charge in [-0.25, -0.2) is 0 Å². The summed E-state index contributed by atoms with van der Waals surface area (Å²) in [5.41, 5.74) is 0. The number of nitrogens with zero attached hydrogens (tertiary/aromatic N) is 1. The highest BCUT2D eigenvalue weighted by Gasteiger charge is 2.34. The van der Waals surface area contributed by atoms with E-state index < -0.39 is 0 Å². The third kappa shape index (κ3) is 3.27. The highest BCUT2D eigenvalue weighted by molar-refractivity contribution is 4.93. The number of hydrogen-bond donors (Lipinski definition) is 1. The second-order valence-corrected chi connectivity index (χ2v) is 6.86. The molecule has 3 aliphatic rings. The normalized spacial score (nSPS) is 38.8. The van der Waals surface area contributed by atoms with Crippen LogP contribution in [-0.4, -0.2) is 36.1 Å². The van der Waals surface area contributed by atoms with E-state index in [1.54, 1.807) is 0 Å². The summed E-state index contributed by atoms with van der Waals surface area (Å²) in [7, 11) is 0. The molecule has 1 saturated heterocycles. The van der Waals surface area contributed by atoms with Crippen molar-refractivity contribution in [3.05, 3.63) is 0 Å². The van der Waals surface area contributed by atoms with Crippen LogP contribution in [0.3, 0.4) is 0 Å². The van der Waals surface area contributed by atoms with E-state index >= 15 is 0 Å². The van der Waals surface area contributed by atoms with Gasteiger partial charge in [0.15, 0.2) is 0 Å². The van der Waals surface area contributed by atoms with Gasteiger partial charge in [0, 0.05) is 31.2 Å². The molecule has 2 nitrogen and oxygen atoms in total. The van der Waals surface area contributed by atoms with Gasteiger partial charge in [0.2, 0.25) is 0 Å². The minimum absolute atomic E-state index is 0.800. The third-order valence-electron chi connectivity index (χ3n) is 5.42. The molecule has 0 bridgehead atoms. The van der Waals surface area contributed by atoms with E-state index in [0.717, 1.165) is 24.0 Å². The average Bonchev–Trinajstić information content (AvgIpc) is 3.16. The second kappa shape index (κ2) is 5.92. The van der Waals surface area contributed by atoms with E-state index in [4.69, 9.17) is 0 Å². The average molecular weight is 250 g/mol. The molecule has 2 saturated carbocycles. The van der Waals surface area contributed by atoms with E-state index in [0.29, 0.717) is 0 Å². The van der Waals surface area contributed by atoms with Crippen LogP contribution in [0.25, 0.3) is 0 Å². The molecule has 2 aliphatic carbocycles. The molecule has 18 heavy (non-hydrogen) atoms. The van der Waals surface area contributed by atoms with Gasteiger partial charge in [0.05, 0.1) is 0 Å². The summed E-state index contributed by atoms with van der Waals surface area (Å²) in [6, 6.07) is 2.59. The van der Waals surface area contributed by atoms with Crippen molar-refractivity contribution >= 4 is 0 Å². The van der Waals surface area contributed by atoms with Gasteiger partial charge >= 0.3 is 0 Å². The lowest BCUT2D eigenvalue weighted by Gasteiger charge is -2.22. The standard InChI is InChI=1S/C16H30N2/c1-2-13-4-3-5-14(7-6-13)17-15-10-11-18(12-15)16-8-9-16/h13-17H,2-12H2,1H3. The van der Waals surface area contributed by atoms with Crippen molar-refractivity contribution in [2.75, 3.05) is 13.1 Å². The first kappa shape index (κ1) is 12.9. The molecule has 0 aromatic carbocycles. The Labute approximate surface area is 113 Å². The van der Waals surface area contributed by atoms with Gasteiger partial charge in [-0.15, -0.1) is 0 Å². The summed E-state index contributed by atoms with van der Waals surface area (Å²) in [5.74, 6) is 1.02. The van der Waals surface area contributed by atoms with Gasteiger partial charge in [-0.3, -0.25) is 4.90 Å². The molecule has 1 N–H and O–H groups in total. The van der Waals surface area contributed by atoms with Crippen LogP contribution in [0, 0.1) is 5.92 Å². The lowest BCUT2D eigenvalue weighted by molar-refractivity contribution is 0.307. The lowest BCUT2D eigenvalue weighted by Crippen LogP contribution is -2.40. The molecular formula is C16H30N2.